The zero-order valence-corrected chi connectivity index (χ0v) is 24.7. The van der Waals surface area contributed by atoms with E-state index < -0.39 is 5.76 Å². The molecule has 5 aromatic rings. The molecular formula is C33H36N6O5. The van der Waals surface area contributed by atoms with Crippen LogP contribution in [0.25, 0.3) is 28.3 Å². The number of nitrogens with one attached hydrogen (secondary N) is 1. The fraction of sp³-hybridized carbons (Fsp3) is 0.424. The maximum atomic E-state index is 14.4. The molecule has 1 unspecified atom stereocenters. The first kappa shape index (κ1) is 28.4. The zero-order chi connectivity index (χ0) is 30.3. The summed E-state index contributed by atoms with van der Waals surface area (Å²) >= 11 is 0. The Morgan fingerprint density at radius 2 is 1.77 bits per heavy atom. The maximum absolute atomic E-state index is 14.4. The van der Waals surface area contributed by atoms with Crippen molar-refractivity contribution in [3.05, 3.63) is 92.6 Å². The lowest BCUT2D eigenvalue weighted by atomic mass is 9.80. The largest absolute Gasteiger partial charge is 0.439 e. The van der Waals surface area contributed by atoms with Crippen molar-refractivity contribution in [2.75, 3.05) is 6.61 Å². The molecule has 1 saturated heterocycles. The Bertz CT molecular complexity index is 1890. The van der Waals surface area contributed by atoms with Gasteiger partial charge < -0.3 is 9.84 Å². The minimum atomic E-state index is -0.599. The van der Waals surface area contributed by atoms with Crippen molar-refractivity contribution in [2.45, 2.75) is 82.5 Å². The van der Waals surface area contributed by atoms with Gasteiger partial charge in [-0.2, -0.15) is 10.1 Å². The van der Waals surface area contributed by atoms with Gasteiger partial charge in [0.15, 0.2) is 5.82 Å². The molecule has 1 spiro atoms. The number of rotatable bonds is 8. The second-order valence-electron chi connectivity index (χ2n) is 12.1. The van der Waals surface area contributed by atoms with Gasteiger partial charge in [0.05, 0.1) is 24.0 Å². The predicted octanol–water partition coefficient (Wildman–Crippen LogP) is 4.47. The number of hydrogen-bond acceptors (Lipinski definition) is 8. The van der Waals surface area contributed by atoms with E-state index in [2.05, 4.69) is 27.1 Å². The Balaban J connectivity index is 1.21. The Hall–Kier alpha value is -4.35. The monoisotopic (exact) mass is 596 g/mol. The van der Waals surface area contributed by atoms with Gasteiger partial charge in [-0.3, -0.25) is 18.9 Å². The van der Waals surface area contributed by atoms with E-state index in [9.17, 15) is 14.7 Å². The highest BCUT2D eigenvalue weighted by molar-refractivity contribution is 5.80. The van der Waals surface area contributed by atoms with Crippen LogP contribution in [0.15, 0.2) is 69.0 Å². The van der Waals surface area contributed by atoms with Crippen LogP contribution in [0.4, 0.5) is 0 Å². The minimum absolute atomic E-state index is 0.000108. The lowest BCUT2D eigenvalue weighted by molar-refractivity contribution is -0.0833. The minimum Gasteiger partial charge on any atom is -0.394 e. The van der Waals surface area contributed by atoms with Gasteiger partial charge in [0.2, 0.25) is 5.78 Å². The van der Waals surface area contributed by atoms with Crippen LogP contribution in [-0.2, 0) is 17.6 Å². The van der Waals surface area contributed by atoms with Crippen molar-refractivity contribution in [3.8, 4) is 22.5 Å². The van der Waals surface area contributed by atoms with E-state index in [4.69, 9.17) is 9.26 Å². The number of ether oxygens (including phenoxy) is 1. The van der Waals surface area contributed by atoms with Gasteiger partial charge in [-0.25, -0.2) is 9.31 Å². The molecule has 2 aliphatic rings. The van der Waals surface area contributed by atoms with Gasteiger partial charge in [0, 0.05) is 23.6 Å². The first-order valence-corrected chi connectivity index (χ1v) is 15.5. The van der Waals surface area contributed by atoms with Crippen LogP contribution in [0.1, 0.15) is 74.7 Å². The summed E-state index contributed by atoms with van der Waals surface area (Å²) in [6, 6.07) is 15.8. The summed E-state index contributed by atoms with van der Waals surface area (Å²) in [5.74, 6) is 0.376. The van der Waals surface area contributed by atoms with E-state index in [1.165, 1.54) is 0 Å². The molecule has 11 heteroatoms. The highest BCUT2D eigenvalue weighted by atomic mass is 16.5. The average molecular weight is 597 g/mol. The van der Waals surface area contributed by atoms with Gasteiger partial charge >= 0.3 is 5.76 Å². The molecule has 7 rings (SSSR count). The van der Waals surface area contributed by atoms with Gasteiger partial charge in [-0.1, -0.05) is 67.0 Å². The highest BCUT2D eigenvalue weighted by Crippen LogP contribution is 2.45. The summed E-state index contributed by atoms with van der Waals surface area (Å²) in [5, 5.41) is 18.0. The molecule has 0 radical (unpaired) electrons. The Morgan fingerprint density at radius 3 is 2.45 bits per heavy atom. The van der Waals surface area contributed by atoms with Crippen LogP contribution in [0.2, 0.25) is 0 Å². The number of aryl methyl sites for hydroxylation is 1. The third-order valence-corrected chi connectivity index (χ3v) is 9.36. The van der Waals surface area contributed by atoms with Crippen LogP contribution in [-0.4, -0.2) is 52.7 Å². The molecule has 0 bridgehead atoms. The van der Waals surface area contributed by atoms with Crippen LogP contribution in [0.5, 0.6) is 0 Å². The maximum Gasteiger partial charge on any atom is 0.439 e. The van der Waals surface area contributed by atoms with E-state index >= 15 is 0 Å². The molecule has 2 aromatic carbocycles. The summed E-state index contributed by atoms with van der Waals surface area (Å²) in [4.78, 5) is 33.1. The molecule has 1 aliphatic heterocycles. The second kappa shape index (κ2) is 11.6. The van der Waals surface area contributed by atoms with E-state index in [1.807, 2.05) is 57.6 Å². The van der Waals surface area contributed by atoms with E-state index in [0.29, 0.717) is 18.0 Å². The molecule has 1 atom stereocenters. The van der Waals surface area contributed by atoms with Crippen LogP contribution in [0.3, 0.4) is 0 Å². The van der Waals surface area contributed by atoms with Gasteiger partial charge in [-0.15, -0.1) is 0 Å². The van der Waals surface area contributed by atoms with Crippen LogP contribution >= 0.6 is 0 Å². The molecule has 1 saturated carbocycles. The second-order valence-corrected chi connectivity index (χ2v) is 12.1. The average Bonchev–Trinajstić information content (AvgIpc) is 3.81. The van der Waals surface area contributed by atoms with Gasteiger partial charge in [-0.05, 0) is 61.6 Å². The number of aliphatic hydroxyl groups excluding tert-OH is 1. The van der Waals surface area contributed by atoms with Crippen molar-refractivity contribution in [1.82, 2.24) is 29.3 Å². The summed E-state index contributed by atoms with van der Waals surface area (Å²) in [6.07, 6.45) is 8.72. The topological polar surface area (TPSA) is 141 Å². The van der Waals surface area contributed by atoms with Crippen LogP contribution < -0.4 is 11.3 Å². The SMILES string of the molecule is CCCc1c(Cc2ccc(-c3ccccc3-c3noc(=O)[nH]3)cc2)c(=O)n([C@H]2CC[C@]3(CCC(CO)O3)CC2)c2ncnn12. The molecule has 44 heavy (non-hydrogen) atoms. The molecule has 11 nitrogen and oxygen atoms in total. The molecule has 1 aliphatic carbocycles. The standard InChI is InChI=1S/C33H36N6O5/c1-2-5-28-27(18-21-8-10-22(11-9-21)25-6-3-4-7-26(25)29-36-32(42)44-37-29)30(41)38(31-34-20-35-39(28)31)23-12-15-33(16-13-23)17-14-24(19-40)43-33/h3-4,6-11,20,23-24,40H,2,5,12-19H2,1H3,(H,36,37,42)/t23-,24?,33+. The first-order chi connectivity index (χ1) is 21.5. The molecule has 2 N–H and O–H groups in total. The lowest BCUT2D eigenvalue weighted by Crippen LogP contribution is -2.39. The summed E-state index contributed by atoms with van der Waals surface area (Å²) in [7, 11) is 0. The fourth-order valence-electron chi connectivity index (χ4n) is 7.15. The smallest absolute Gasteiger partial charge is 0.394 e. The van der Waals surface area contributed by atoms with Crippen molar-refractivity contribution < 1.29 is 14.4 Å². The molecule has 2 fully saturated rings. The molecule has 4 heterocycles. The molecular weight excluding hydrogens is 560 g/mol. The van der Waals surface area contributed by atoms with Crippen molar-refractivity contribution in [1.29, 1.82) is 0 Å². The number of aromatic nitrogens is 6. The van der Waals surface area contributed by atoms with Gasteiger partial charge in [0.1, 0.15) is 6.33 Å². The van der Waals surface area contributed by atoms with Crippen molar-refractivity contribution >= 4 is 5.78 Å². The summed E-state index contributed by atoms with van der Waals surface area (Å²) < 4.78 is 14.7. The number of benzene rings is 2. The van der Waals surface area contributed by atoms with Gasteiger partial charge in [0.25, 0.3) is 5.56 Å². The zero-order valence-electron chi connectivity index (χ0n) is 24.7. The number of fused-ring (bicyclic) bond motifs is 1. The normalized spacial score (nSPS) is 21.9. The van der Waals surface area contributed by atoms with E-state index in [0.717, 1.165) is 84.9 Å². The number of H-pyrrole nitrogens is 1. The highest BCUT2D eigenvalue weighted by Gasteiger charge is 2.43. The summed E-state index contributed by atoms with van der Waals surface area (Å²) in [5.41, 5.74) is 5.11. The first-order valence-electron chi connectivity index (χ1n) is 15.5. The number of aliphatic hydroxyl groups is 1. The molecule has 228 valence electrons. The Morgan fingerprint density at radius 1 is 1.02 bits per heavy atom. The number of nitrogens with zero attached hydrogens (tertiary/aromatic N) is 5. The van der Waals surface area contributed by atoms with E-state index in [-0.39, 0.29) is 29.9 Å². The predicted molar refractivity (Wildman–Crippen MR) is 163 cm³/mol. The summed E-state index contributed by atoms with van der Waals surface area (Å²) in [6.45, 7) is 2.16. The third-order valence-electron chi connectivity index (χ3n) is 9.36. The Labute approximate surface area is 253 Å². The van der Waals surface area contributed by atoms with E-state index in [1.54, 1.807) is 6.33 Å². The lowest BCUT2D eigenvalue weighted by Gasteiger charge is -2.37. The Kier molecular flexibility index (Phi) is 7.51. The quantitative estimate of drug-likeness (QED) is 0.267. The molecule has 0 amide bonds. The fourth-order valence-corrected chi connectivity index (χ4v) is 7.15. The molecule has 3 aromatic heterocycles. The van der Waals surface area contributed by atoms with Crippen molar-refractivity contribution in [3.63, 3.8) is 0 Å². The van der Waals surface area contributed by atoms with Crippen molar-refractivity contribution in [2.24, 2.45) is 0 Å². The number of aromatic amines is 1. The van der Waals surface area contributed by atoms with Crippen LogP contribution in [0, 0.1) is 0 Å². The number of hydrogen-bond donors (Lipinski definition) is 2. The third kappa shape index (κ3) is 5.09.